The first kappa shape index (κ1) is 16.0. The SMILES string of the molecule is CC(C)CNC(=O)CN(C)C(=O)C1CCCC(C)N1. The van der Waals surface area contributed by atoms with E-state index in [4.69, 9.17) is 0 Å². The highest BCUT2D eigenvalue weighted by molar-refractivity contribution is 5.87. The molecule has 5 nitrogen and oxygen atoms in total. The zero-order valence-corrected chi connectivity index (χ0v) is 12.5. The first-order valence-electron chi connectivity index (χ1n) is 7.18. The van der Waals surface area contributed by atoms with Gasteiger partial charge in [0.25, 0.3) is 0 Å². The van der Waals surface area contributed by atoms with Crippen molar-refractivity contribution in [2.45, 2.75) is 52.1 Å². The lowest BCUT2D eigenvalue weighted by Gasteiger charge is -2.30. The van der Waals surface area contributed by atoms with Crippen LogP contribution in [-0.2, 0) is 9.59 Å². The molecule has 1 rings (SSSR count). The summed E-state index contributed by atoms with van der Waals surface area (Å²) in [6.45, 7) is 6.97. The Morgan fingerprint density at radius 1 is 1.37 bits per heavy atom. The lowest BCUT2D eigenvalue weighted by Crippen LogP contribution is -2.52. The van der Waals surface area contributed by atoms with Crippen LogP contribution in [0.25, 0.3) is 0 Å². The minimum Gasteiger partial charge on any atom is -0.354 e. The summed E-state index contributed by atoms with van der Waals surface area (Å²) in [5, 5.41) is 6.12. The van der Waals surface area contributed by atoms with Gasteiger partial charge in [-0.3, -0.25) is 9.59 Å². The molecule has 2 N–H and O–H groups in total. The average Bonchev–Trinajstić information content (AvgIpc) is 2.35. The number of rotatable bonds is 5. The topological polar surface area (TPSA) is 61.4 Å². The summed E-state index contributed by atoms with van der Waals surface area (Å²) in [6, 6.07) is 0.248. The Bertz CT molecular complexity index is 318. The van der Waals surface area contributed by atoms with Crippen LogP contribution in [0.15, 0.2) is 0 Å². The number of likely N-dealkylation sites (N-methyl/N-ethyl adjacent to an activating group) is 1. The number of carbonyl (C=O) groups excluding carboxylic acids is 2. The maximum atomic E-state index is 12.2. The van der Waals surface area contributed by atoms with Crippen LogP contribution in [-0.4, -0.2) is 48.9 Å². The van der Waals surface area contributed by atoms with Gasteiger partial charge >= 0.3 is 0 Å². The van der Waals surface area contributed by atoms with Crippen molar-refractivity contribution in [3.8, 4) is 0 Å². The molecule has 1 fully saturated rings. The van der Waals surface area contributed by atoms with Gasteiger partial charge in [-0.25, -0.2) is 0 Å². The first-order valence-corrected chi connectivity index (χ1v) is 7.18. The van der Waals surface area contributed by atoms with Gasteiger partial charge in [0.15, 0.2) is 0 Å². The number of carbonyl (C=O) groups is 2. The van der Waals surface area contributed by atoms with E-state index in [1.165, 1.54) is 4.90 Å². The van der Waals surface area contributed by atoms with E-state index in [-0.39, 0.29) is 24.4 Å². The zero-order valence-electron chi connectivity index (χ0n) is 12.5. The number of piperidine rings is 1. The van der Waals surface area contributed by atoms with E-state index in [2.05, 4.69) is 17.6 Å². The van der Waals surface area contributed by atoms with Crippen LogP contribution in [0.5, 0.6) is 0 Å². The van der Waals surface area contributed by atoms with Crippen LogP contribution in [0.1, 0.15) is 40.0 Å². The highest BCUT2D eigenvalue weighted by Gasteiger charge is 2.27. The lowest BCUT2D eigenvalue weighted by molar-refractivity contribution is -0.137. The van der Waals surface area contributed by atoms with Crippen molar-refractivity contribution in [2.24, 2.45) is 5.92 Å². The third-order valence-electron chi connectivity index (χ3n) is 3.38. The van der Waals surface area contributed by atoms with Crippen LogP contribution in [0.2, 0.25) is 0 Å². The van der Waals surface area contributed by atoms with E-state index in [0.717, 1.165) is 19.3 Å². The number of hydrogen-bond donors (Lipinski definition) is 2. The van der Waals surface area contributed by atoms with Gasteiger partial charge in [0.05, 0.1) is 12.6 Å². The van der Waals surface area contributed by atoms with Gasteiger partial charge in [0.1, 0.15) is 0 Å². The van der Waals surface area contributed by atoms with Gasteiger partial charge in [-0.15, -0.1) is 0 Å². The van der Waals surface area contributed by atoms with Gasteiger partial charge in [0, 0.05) is 19.6 Å². The molecule has 1 saturated heterocycles. The summed E-state index contributed by atoms with van der Waals surface area (Å²) < 4.78 is 0. The minimum atomic E-state index is -0.133. The highest BCUT2D eigenvalue weighted by Crippen LogP contribution is 2.13. The summed E-state index contributed by atoms with van der Waals surface area (Å²) >= 11 is 0. The van der Waals surface area contributed by atoms with Crippen molar-refractivity contribution in [1.29, 1.82) is 0 Å². The second-order valence-corrected chi connectivity index (χ2v) is 5.94. The molecule has 0 aromatic heterocycles. The van der Waals surface area contributed by atoms with Crippen molar-refractivity contribution >= 4 is 11.8 Å². The molecule has 1 aliphatic heterocycles. The van der Waals surface area contributed by atoms with E-state index in [1.807, 2.05) is 13.8 Å². The van der Waals surface area contributed by atoms with E-state index in [0.29, 0.717) is 18.5 Å². The molecule has 1 heterocycles. The van der Waals surface area contributed by atoms with Crippen LogP contribution < -0.4 is 10.6 Å². The zero-order chi connectivity index (χ0) is 14.4. The Morgan fingerprint density at radius 3 is 2.63 bits per heavy atom. The van der Waals surface area contributed by atoms with Gasteiger partial charge < -0.3 is 15.5 Å². The molecule has 2 amide bonds. The van der Waals surface area contributed by atoms with Crippen LogP contribution in [0, 0.1) is 5.92 Å². The summed E-state index contributed by atoms with van der Waals surface area (Å²) in [6.07, 6.45) is 3.04. The molecular weight excluding hydrogens is 242 g/mol. The predicted molar refractivity (Wildman–Crippen MR) is 75.7 cm³/mol. The fourth-order valence-electron chi connectivity index (χ4n) is 2.27. The summed E-state index contributed by atoms with van der Waals surface area (Å²) in [7, 11) is 1.69. The molecule has 19 heavy (non-hydrogen) atoms. The molecule has 2 unspecified atom stereocenters. The standard InChI is InChI=1S/C14H27N3O2/c1-10(2)8-15-13(18)9-17(4)14(19)12-7-5-6-11(3)16-12/h10-12,16H,5-9H2,1-4H3,(H,15,18). The van der Waals surface area contributed by atoms with Crippen LogP contribution in [0.3, 0.4) is 0 Å². The molecule has 1 aliphatic rings. The fourth-order valence-corrected chi connectivity index (χ4v) is 2.27. The largest absolute Gasteiger partial charge is 0.354 e. The van der Waals surface area contributed by atoms with Crippen molar-refractivity contribution in [2.75, 3.05) is 20.1 Å². The quantitative estimate of drug-likeness (QED) is 0.774. The summed E-state index contributed by atoms with van der Waals surface area (Å²) in [5.41, 5.74) is 0. The monoisotopic (exact) mass is 269 g/mol. The number of nitrogens with zero attached hydrogens (tertiary/aromatic N) is 1. The predicted octanol–water partition coefficient (Wildman–Crippen LogP) is 0.748. The second kappa shape index (κ2) is 7.48. The molecule has 5 heteroatoms. The maximum Gasteiger partial charge on any atom is 0.239 e. The minimum absolute atomic E-state index is 0.0197. The van der Waals surface area contributed by atoms with E-state index in [1.54, 1.807) is 7.05 Å². The molecule has 110 valence electrons. The third-order valence-corrected chi connectivity index (χ3v) is 3.38. The Labute approximate surface area is 116 Å². The van der Waals surface area contributed by atoms with Gasteiger partial charge in [0.2, 0.25) is 11.8 Å². The number of nitrogens with one attached hydrogen (secondary N) is 2. The molecule has 0 bridgehead atoms. The Hall–Kier alpha value is -1.10. The third kappa shape index (κ3) is 5.59. The Kier molecular flexibility index (Phi) is 6.28. The molecule has 0 radical (unpaired) electrons. The Morgan fingerprint density at radius 2 is 2.05 bits per heavy atom. The molecule has 0 spiro atoms. The molecule has 0 aromatic rings. The van der Waals surface area contributed by atoms with Crippen LogP contribution in [0.4, 0.5) is 0 Å². The second-order valence-electron chi connectivity index (χ2n) is 5.94. The van der Waals surface area contributed by atoms with Gasteiger partial charge in [-0.05, 0) is 32.1 Å². The van der Waals surface area contributed by atoms with Crippen molar-refractivity contribution in [3.63, 3.8) is 0 Å². The van der Waals surface area contributed by atoms with Crippen molar-refractivity contribution in [3.05, 3.63) is 0 Å². The van der Waals surface area contributed by atoms with E-state index in [9.17, 15) is 9.59 Å². The van der Waals surface area contributed by atoms with Gasteiger partial charge in [-0.2, -0.15) is 0 Å². The smallest absolute Gasteiger partial charge is 0.239 e. The number of hydrogen-bond acceptors (Lipinski definition) is 3. The van der Waals surface area contributed by atoms with Crippen LogP contribution >= 0.6 is 0 Å². The maximum absolute atomic E-state index is 12.2. The number of amides is 2. The fraction of sp³-hybridized carbons (Fsp3) is 0.857. The highest BCUT2D eigenvalue weighted by atomic mass is 16.2. The van der Waals surface area contributed by atoms with Crippen molar-refractivity contribution < 1.29 is 9.59 Å². The summed E-state index contributed by atoms with van der Waals surface area (Å²) in [5.74, 6) is 0.352. The van der Waals surface area contributed by atoms with Gasteiger partial charge in [-0.1, -0.05) is 13.8 Å². The molecule has 0 aromatic carbocycles. The summed E-state index contributed by atoms with van der Waals surface area (Å²) in [4.78, 5) is 25.4. The lowest BCUT2D eigenvalue weighted by atomic mass is 9.99. The normalized spacial score (nSPS) is 23.2. The molecule has 2 atom stereocenters. The Balaban J connectivity index is 2.37. The van der Waals surface area contributed by atoms with E-state index >= 15 is 0 Å². The van der Waals surface area contributed by atoms with E-state index < -0.39 is 0 Å². The molecular formula is C14H27N3O2. The average molecular weight is 269 g/mol. The molecule has 0 saturated carbocycles. The van der Waals surface area contributed by atoms with Crippen molar-refractivity contribution in [1.82, 2.24) is 15.5 Å². The molecule has 0 aliphatic carbocycles. The first-order chi connectivity index (χ1) is 8.90.